The van der Waals surface area contributed by atoms with Gasteiger partial charge in [0, 0.05) is 25.8 Å². The van der Waals surface area contributed by atoms with Gasteiger partial charge in [-0.3, -0.25) is 19.3 Å². The normalized spacial score (nSPS) is 24.4. The molecule has 5 aromatic carbocycles. The molecule has 2 N–H and O–H groups in total. The standard InChI is InChI=1S/C57H57N3O11/c1-67-30-31-70-55(65)59-44-23-18-36(24-28-56(66)26-12-4-5-13-27-56)32-43(44)57(54(59)64)47(52(62)58-29-25-40-33-45(68-2)46(69-3)34-41(40)35-58)49-53(63)71-50(38-16-10-7-11-17-38)48(37-14-8-6-9-15-37)60(49)51(57)39-19-21-42(61)22-20-39/h6-11,14-23,32-34,47-51,61,66H,4-5,12-13,25-27,29-31,35H2,1-3H3. The summed E-state index contributed by atoms with van der Waals surface area (Å²) in [4.78, 5) is 67.9. The van der Waals surface area contributed by atoms with E-state index in [1.54, 1.807) is 49.5 Å². The van der Waals surface area contributed by atoms with Crippen molar-refractivity contribution in [2.75, 3.05) is 46.0 Å². The predicted molar refractivity (Wildman–Crippen MR) is 261 cm³/mol. The molecule has 5 aliphatic rings. The van der Waals surface area contributed by atoms with Crippen LogP contribution in [0.3, 0.4) is 0 Å². The number of hydrogen-bond donors (Lipinski definition) is 2. The van der Waals surface area contributed by atoms with Crippen LogP contribution in [0.5, 0.6) is 17.2 Å². The Bertz CT molecular complexity index is 2890. The highest BCUT2D eigenvalue weighted by molar-refractivity contribution is 6.23. The number of fused-ring (bicyclic) bond motifs is 4. The summed E-state index contributed by atoms with van der Waals surface area (Å²) in [5.41, 5.74) is 1.23. The maximum Gasteiger partial charge on any atom is 0.421 e. The molecule has 6 atom stereocenters. The van der Waals surface area contributed by atoms with Gasteiger partial charge in [0.25, 0.3) is 0 Å². The lowest BCUT2D eigenvalue weighted by Gasteiger charge is -2.46. The zero-order valence-electron chi connectivity index (χ0n) is 40.0. The maximum atomic E-state index is 16.6. The number of carbonyl (C=O) groups excluding carboxylic acids is 4. The summed E-state index contributed by atoms with van der Waals surface area (Å²) in [6, 6.07) is 30.7. The van der Waals surface area contributed by atoms with E-state index in [4.69, 9.17) is 23.7 Å². The highest BCUT2D eigenvalue weighted by Crippen LogP contribution is 2.66. The van der Waals surface area contributed by atoms with E-state index in [-0.39, 0.29) is 43.3 Å². The maximum absolute atomic E-state index is 16.6. The van der Waals surface area contributed by atoms with Crippen LogP contribution in [0.4, 0.5) is 10.5 Å². The van der Waals surface area contributed by atoms with Gasteiger partial charge in [0.1, 0.15) is 35.5 Å². The minimum Gasteiger partial charge on any atom is -0.508 e. The molecule has 10 rings (SSSR count). The number of aromatic hydroxyl groups is 1. The molecule has 366 valence electrons. The van der Waals surface area contributed by atoms with Crippen molar-refractivity contribution in [3.05, 3.63) is 154 Å². The van der Waals surface area contributed by atoms with Crippen LogP contribution in [0.1, 0.15) is 95.7 Å². The topological polar surface area (TPSA) is 165 Å². The predicted octanol–water partition coefficient (Wildman–Crippen LogP) is 7.88. The number of carbonyl (C=O) groups is 4. The van der Waals surface area contributed by atoms with Crippen molar-refractivity contribution in [1.82, 2.24) is 9.80 Å². The molecule has 14 nitrogen and oxygen atoms in total. The second-order valence-electron chi connectivity index (χ2n) is 19.0. The number of morpholine rings is 1. The molecule has 0 bridgehead atoms. The van der Waals surface area contributed by atoms with E-state index < -0.39 is 65.0 Å². The van der Waals surface area contributed by atoms with Crippen molar-refractivity contribution in [1.29, 1.82) is 0 Å². The van der Waals surface area contributed by atoms with E-state index in [0.29, 0.717) is 47.5 Å². The van der Waals surface area contributed by atoms with Crippen molar-refractivity contribution >= 4 is 29.6 Å². The average molecular weight is 960 g/mol. The first-order valence-electron chi connectivity index (χ1n) is 24.3. The molecule has 71 heavy (non-hydrogen) atoms. The lowest BCUT2D eigenvalue weighted by Crippen LogP contribution is -2.57. The summed E-state index contributed by atoms with van der Waals surface area (Å²) in [6.07, 6.45) is 3.17. The van der Waals surface area contributed by atoms with Gasteiger partial charge in [-0.1, -0.05) is 97.5 Å². The van der Waals surface area contributed by atoms with E-state index >= 15 is 14.4 Å². The summed E-state index contributed by atoms with van der Waals surface area (Å²) in [5.74, 6) is 3.84. The molecule has 1 saturated carbocycles. The Hall–Kier alpha value is -7.18. The Morgan fingerprint density at radius 1 is 0.761 bits per heavy atom. The molecule has 3 fully saturated rings. The van der Waals surface area contributed by atoms with E-state index in [2.05, 4.69) is 11.8 Å². The van der Waals surface area contributed by atoms with Gasteiger partial charge in [-0.15, -0.1) is 0 Å². The zero-order chi connectivity index (χ0) is 49.4. The number of cyclic esters (lactones) is 1. The summed E-state index contributed by atoms with van der Waals surface area (Å²) in [6.45, 7) is 0.206. The molecule has 1 spiro atoms. The van der Waals surface area contributed by atoms with Crippen molar-refractivity contribution in [3.63, 3.8) is 0 Å². The van der Waals surface area contributed by atoms with E-state index in [0.717, 1.165) is 47.3 Å². The molecule has 2 saturated heterocycles. The fourth-order valence-electron chi connectivity index (χ4n) is 11.8. The Morgan fingerprint density at radius 2 is 1.42 bits per heavy atom. The monoisotopic (exact) mass is 959 g/mol. The van der Waals surface area contributed by atoms with E-state index in [9.17, 15) is 15.0 Å². The van der Waals surface area contributed by atoms with Crippen LogP contribution in [0.25, 0.3) is 0 Å². The number of phenols is 1. The number of amides is 3. The summed E-state index contributed by atoms with van der Waals surface area (Å²) in [5, 5.41) is 22.6. The van der Waals surface area contributed by atoms with Gasteiger partial charge < -0.3 is 38.8 Å². The van der Waals surface area contributed by atoms with Crippen LogP contribution >= 0.6 is 0 Å². The van der Waals surface area contributed by atoms with Gasteiger partial charge in [0.2, 0.25) is 11.8 Å². The SMILES string of the molecule is COCCOC(=O)N1C(=O)C2(c3cc(C#CC4(O)CCCCCC4)ccc31)C(C(=O)N1CCc3cc(OC)c(OC)cc3C1)C1C(=O)OC(c3ccccc3)C(c3ccccc3)N1C2c1ccc(O)cc1. The van der Waals surface area contributed by atoms with Crippen LogP contribution in [0, 0.1) is 17.8 Å². The fourth-order valence-corrected chi connectivity index (χ4v) is 11.8. The minimum absolute atomic E-state index is 0.0423. The molecule has 0 aromatic heterocycles. The van der Waals surface area contributed by atoms with Crippen molar-refractivity contribution in [2.24, 2.45) is 5.92 Å². The number of esters is 1. The number of benzene rings is 5. The molecule has 4 aliphatic heterocycles. The number of aliphatic hydroxyl groups is 1. The Balaban J connectivity index is 1.25. The van der Waals surface area contributed by atoms with Gasteiger partial charge in [-0.25, -0.2) is 9.69 Å². The second kappa shape index (κ2) is 19.5. The lowest BCUT2D eigenvalue weighted by atomic mass is 9.64. The molecule has 4 heterocycles. The minimum atomic E-state index is -2.07. The van der Waals surface area contributed by atoms with Crippen LogP contribution in [0.15, 0.2) is 115 Å². The van der Waals surface area contributed by atoms with E-state index in [1.807, 2.05) is 77.7 Å². The second-order valence-corrected chi connectivity index (χ2v) is 19.0. The molecule has 6 unspecified atom stereocenters. The van der Waals surface area contributed by atoms with E-state index in [1.165, 1.54) is 19.2 Å². The van der Waals surface area contributed by atoms with Crippen LogP contribution < -0.4 is 14.4 Å². The number of phenolic OH excluding ortho intramolecular Hbond substituents is 1. The summed E-state index contributed by atoms with van der Waals surface area (Å²) >= 11 is 0. The van der Waals surface area contributed by atoms with Crippen molar-refractivity contribution in [2.45, 2.75) is 86.7 Å². The molecule has 5 aromatic rings. The van der Waals surface area contributed by atoms with Crippen LogP contribution in [0.2, 0.25) is 0 Å². The number of ether oxygens (including phenoxy) is 5. The molecular weight excluding hydrogens is 903 g/mol. The number of anilines is 1. The Labute approximate surface area is 413 Å². The summed E-state index contributed by atoms with van der Waals surface area (Å²) < 4.78 is 29.0. The quantitative estimate of drug-likeness (QED) is 0.0637. The summed E-state index contributed by atoms with van der Waals surface area (Å²) in [7, 11) is 4.58. The lowest BCUT2D eigenvalue weighted by molar-refractivity contribution is -0.179. The third-order valence-electron chi connectivity index (χ3n) is 15.0. The third kappa shape index (κ3) is 8.35. The van der Waals surface area contributed by atoms with Crippen molar-refractivity contribution < 1.29 is 53.1 Å². The highest BCUT2D eigenvalue weighted by atomic mass is 16.6. The number of methoxy groups -OCH3 is 3. The number of nitrogens with zero attached hydrogens (tertiary/aromatic N) is 3. The number of hydrogen-bond acceptors (Lipinski definition) is 12. The Morgan fingerprint density at radius 3 is 2.08 bits per heavy atom. The van der Waals surface area contributed by atoms with Gasteiger partial charge in [-0.05, 0) is 108 Å². The molecule has 14 heteroatoms. The molecular formula is C57H57N3O11. The van der Waals surface area contributed by atoms with Crippen LogP contribution in [-0.2, 0) is 47.0 Å². The first-order chi connectivity index (χ1) is 34.5. The molecule has 1 aliphatic carbocycles. The van der Waals surface area contributed by atoms with Gasteiger partial charge in [0.15, 0.2) is 11.5 Å². The van der Waals surface area contributed by atoms with Gasteiger partial charge in [-0.2, -0.15) is 0 Å². The zero-order valence-corrected chi connectivity index (χ0v) is 40.0. The Kier molecular flexibility index (Phi) is 13.1. The average Bonchev–Trinajstić information content (AvgIpc) is 3.73. The molecule has 3 amide bonds. The smallest absolute Gasteiger partial charge is 0.421 e. The third-order valence-corrected chi connectivity index (χ3v) is 15.0. The molecule has 0 radical (unpaired) electrons. The fraction of sp³-hybridized carbons (Fsp3) is 0.368. The first-order valence-corrected chi connectivity index (χ1v) is 24.3. The number of imide groups is 1. The van der Waals surface area contributed by atoms with Crippen molar-refractivity contribution in [3.8, 4) is 29.1 Å². The highest BCUT2D eigenvalue weighted by Gasteiger charge is 2.76. The first kappa shape index (κ1) is 47.5. The van der Waals surface area contributed by atoms with Gasteiger partial charge >= 0.3 is 12.1 Å². The number of rotatable bonds is 9. The largest absolute Gasteiger partial charge is 0.508 e. The van der Waals surface area contributed by atoms with Gasteiger partial charge in [0.05, 0.1) is 44.5 Å². The van der Waals surface area contributed by atoms with Crippen LogP contribution in [-0.4, -0.2) is 96.6 Å².